The minimum absolute atomic E-state index is 0.0734. The number of nitrogens with one attached hydrogen (secondary N) is 2. The van der Waals surface area contributed by atoms with Crippen LogP contribution in [0.5, 0.6) is 5.75 Å². The predicted octanol–water partition coefficient (Wildman–Crippen LogP) is 1.87. The number of hydrogen-bond acceptors (Lipinski definition) is 4. The van der Waals surface area contributed by atoms with Gasteiger partial charge in [-0.1, -0.05) is 0 Å². The summed E-state index contributed by atoms with van der Waals surface area (Å²) in [7, 11) is 1.75. The Labute approximate surface area is 155 Å². The smallest absolute Gasteiger partial charge is 0.191 e. The van der Waals surface area contributed by atoms with Gasteiger partial charge in [0.2, 0.25) is 0 Å². The van der Waals surface area contributed by atoms with E-state index in [4.69, 9.17) is 9.47 Å². The van der Waals surface area contributed by atoms with Gasteiger partial charge in [0.15, 0.2) is 5.96 Å². The van der Waals surface area contributed by atoms with E-state index in [1.54, 1.807) is 19.2 Å². The fourth-order valence-corrected chi connectivity index (χ4v) is 3.00. The van der Waals surface area contributed by atoms with Gasteiger partial charge in [0, 0.05) is 32.2 Å². The molecule has 1 aromatic rings. The van der Waals surface area contributed by atoms with Crippen molar-refractivity contribution < 1.29 is 13.9 Å². The number of benzene rings is 1. The van der Waals surface area contributed by atoms with Crippen LogP contribution in [0.1, 0.15) is 20.8 Å². The molecule has 1 aliphatic rings. The maximum atomic E-state index is 12.9. The number of rotatable bonds is 7. The Balaban J connectivity index is 1.72. The first-order valence-electron chi connectivity index (χ1n) is 9.19. The van der Waals surface area contributed by atoms with E-state index in [1.165, 1.54) is 12.1 Å². The molecule has 3 atom stereocenters. The van der Waals surface area contributed by atoms with Crippen LogP contribution in [0.3, 0.4) is 0 Å². The maximum Gasteiger partial charge on any atom is 0.191 e. The third kappa shape index (κ3) is 6.46. The zero-order chi connectivity index (χ0) is 18.9. The average Bonchev–Trinajstić information content (AvgIpc) is 2.64. The third-order valence-electron chi connectivity index (χ3n) is 4.48. The van der Waals surface area contributed by atoms with Crippen molar-refractivity contribution in [1.29, 1.82) is 0 Å². The fourth-order valence-electron chi connectivity index (χ4n) is 3.00. The Bertz CT molecular complexity index is 567. The highest BCUT2D eigenvalue weighted by Crippen LogP contribution is 2.13. The van der Waals surface area contributed by atoms with Crippen molar-refractivity contribution in [2.75, 3.05) is 39.9 Å². The molecule has 0 amide bonds. The highest BCUT2D eigenvalue weighted by Gasteiger charge is 2.23. The monoisotopic (exact) mass is 366 g/mol. The number of morpholine rings is 1. The van der Waals surface area contributed by atoms with Crippen molar-refractivity contribution in [1.82, 2.24) is 15.5 Å². The highest BCUT2D eigenvalue weighted by molar-refractivity contribution is 5.79. The van der Waals surface area contributed by atoms with Gasteiger partial charge in [0.25, 0.3) is 0 Å². The molecule has 26 heavy (non-hydrogen) atoms. The molecule has 1 heterocycles. The van der Waals surface area contributed by atoms with Crippen LogP contribution in [0, 0.1) is 5.82 Å². The molecule has 1 aromatic carbocycles. The van der Waals surface area contributed by atoms with Crippen molar-refractivity contribution in [3.63, 3.8) is 0 Å². The lowest BCUT2D eigenvalue weighted by atomic mass is 10.2. The van der Waals surface area contributed by atoms with Crippen LogP contribution >= 0.6 is 0 Å². The van der Waals surface area contributed by atoms with E-state index < -0.39 is 0 Å². The van der Waals surface area contributed by atoms with E-state index in [0.29, 0.717) is 24.4 Å². The first kappa shape index (κ1) is 20.5. The summed E-state index contributed by atoms with van der Waals surface area (Å²) in [6, 6.07) is 6.86. The Hall–Kier alpha value is -1.86. The predicted molar refractivity (Wildman–Crippen MR) is 102 cm³/mol. The zero-order valence-corrected chi connectivity index (χ0v) is 16.2. The van der Waals surface area contributed by atoms with E-state index in [1.807, 2.05) is 6.92 Å². The topological polar surface area (TPSA) is 58.1 Å². The van der Waals surface area contributed by atoms with Crippen molar-refractivity contribution in [3.8, 4) is 5.75 Å². The number of guanidine groups is 1. The minimum atomic E-state index is -0.267. The lowest BCUT2D eigenvalue weighted by Gasteiger charge is -2.38. The number of aliphatic imine (C=N–C) groups is 1. The molecule has 1 aliphatic heterocycles. The maximum absolute atomic E-state index is 12.9. The van der Waals surface area contributed by atoms with Crippen LogP contribution < -0.4 is 15.4 Å². The van der Waals surface area contributed by atoms with Gasteiger partial charge in [-0.15, -0.1) is 0 Å². The molecule has 0 aliphatic carbocycles. The molecule has 1 saturated heterocycles. The van der Waals surface area contributed by atoms with E-state index in [2.05, 4.69) is 34.4 Å². The van der Waals surface area contributed by atoms with E-state index in [-0.39, 0.29) is 11.9 Å². The van der Waals surface area contributed by atoms with Gasteiger partial charge in [-0.3, -0.25) is 9.89 Å². The van der Waals surface area contributed by atoms with Crippen LogP contribution in [0.25, 0.3) is 0 Å². The van der Waals surface area contributed by atoms with E-state index in [9.17, 15) is 4.39 Å². The Morgan fingerprint density at radius 2 is 2.00 bits per heavy atom. The summed E-state index contributed by atoms with van der Waals surface area (Å²) >= 11 is 0. The molecule has 0 radical (unpaired) electrons. The summed E-state index contributed by atoms with van der Waals surface area (Å²) in [5, 5.41) is 6.63. The van der Waals surface area contributed by atoms with Crippen molar-refractivity contribution in [2.45, 2.75) is 39.0 Å². The summed E-state index contributed by atoms with van der Waals surface area (Å²) in [6.07, 6.45) is -0.0734. The molecule has 1 fully saturated rings. The van der Waals surface area contributed by atoms with Gasteiger partial charge in [0.05, 0.1) is 19.8 Å². The molecule has 146 valence electrons. The van der Waals surface area contributed by atoms with Crippen LogP contribution in [-0.2, 0) is 4.74 Å². The highest BCUT2D eigenvalue weighted by atomic mass is 19.1. The Morgan fingerprint density at radius 3 is 2.65 bits per heavy atom. The minimum Gasteiger partial charge on any atom is -0.489 e. The molecule has 0 spiro atoms. The molecule has 0 saturated carbocycles. The number of halogens is 1. The van der Waals surface area contributed by atoms with Gasteiger partial charge in [-0.2, -0.15) is 0 Å². The van der Waals surface area contributed by atoms with Gasteiger partial charge in [-0.05, 0) is 45.0 Å². The van der Waals surface area contributed by atoms with Crippen molar-refractivity contribution in [2.24, 2.45) is 4.99 Å². The molecule has 0 bridgehead atoms. The van der Waals surface area contributed by atoms with Crippen LogP contribution in [0.15, 0.2) is 29.3 Å². The second kappa shape index (κ2) is 10.3. The average molecular weight is 366 g/mol. The van der Waals surface area contributed by atoms with Crippen molar-refractivity contribution >= 4 is 5.96 Å². The summed E-state index contributed by atoms with van der Waals surface area (Å²) in [6.45, 7) is 10.3. The SMILES string of the molecule is CN=C(NCC(C)Oc1ccc(F)cc1)NCC(C)N1CCOCC1C. The second-order valence-corrected chi connectivity index (χ2v) is 6.73. The lowest BCUT2D eigenvalue weighted by Crippen LogP contribution is -2.53. The standard InChI is InChI=1S/C19H31FN4O2/c1-14(24-9-10-25-13-15(24)2)11-22-19(21-4)23-12-16(3)26-18-7-5-17(20)6-8-18/h5-8,14-16H,9-13H2,1-4H3,(H2,21,22,23). The summed E-state index contributed by atoms with van der Waals surface area (Å²) in [5.74, 6) is 1.13. The summed E-state index contributed by atoms with van der Waals surface area (Å²) < 4.78 is 24.2. The number of ether oxygens (including phenoxy) is 2. The van der Waals surface area contributed by atoms with Crippen LogP contribution in [0.4, 0.5) is 4.39 Å². The largest absolute Gasteiger partial charge is 0.489 e. The molecule has 2 N–H and O–H groups in total. The molecular formula is C19H31FN4O2. The zero-order valence-electron chi connectivity index (χ0n) is 16.2. The fraction of sp³-hybridized carbons (Fsp3) is 0.632. The molecule has 2 rings (SSSR count). The van der Waals surface area contributed by atoms with Crippen molar-refractivity contribution in [3.05, 3.63) is 30.1 Å². The number of hydrogen-bond donors (Lipinski definition) is 2. The Morgan fingerprint density at radius 1 is 1.31 bits per heavy atom. The van der Waals surface area contributed by atoms with Gasteiger partial charge >= 0.3 is 0 Å². The molecular weight excluding hydrogens is 335 g/mol. The molecule has 3 unspecified atom stereocenters. The lowest BCUT2D eigenvalue weighted by molar-refractivity contribution is -0.0174. The van der Waals surface area contributed by atoms with Crippen LogP contribution in [0.2, 0.25) is 0 Å². The first-order chi connectivity index (χ1) is 12.5. The summed E-state index contributed by atoms with van der Waals surface area (Å²) in [4.78, 5) is 6.71. The van der Waals surface area contributed by atoms with Gasteiger partial charge in [-0.25, -0.2) is 4.39 Å². The molecule has 0 aromatic heterocycles. The van der Waals surface area contributed by atoms with E-state index >= 15 is 0 Å². The normalized spacial score (nSPS) is 21.1. The number of nitrogens with zero attached hydrogens (tertiary/aromatic N) is 2. The summed E-state index contributed by atoms with van der Waals surface area (Å²) in [5.41, 5.74) is 0. The molecule has 6 nitrogen and oxygen atoms in total. The molecule has 7 heteroatoms. The van der Waals surface area contributed by atoms with E-state index in [0.717, 1.165) is 32.3 Å². The Kier molecular flexibility index (Phi) is 8.12. The first-order valence-corrected chi connectivity index (χ1v) is 9.19. The van der Waals surface area contributed by atoms with Crippen LogP contribution in [-0.4, -0.2) is 68.9 Å². The quantitative estimate of drug-likeness (QED) is 0.570. The third-order valence-corrected chi connectivity index (χ3v) is 4.48. The van der Waals surface area contributed by atoms with Gasteiger partial charge < -0.3 is 20.1 Å². The second-order valence-electron chi connectivity index (χ2n) is 6.73. The van der Waals surface area contributed by atoms with Gasteiger partial charge in [0.1, 0.15) is 17.7 Å².